The van der Waals surface area contributed by atoms with Crippen molar-refractivity contribution in [2.45, 2.75) is 31.3 Å². The molecule has 2 N–H and O–H groups in total. The van der Waals surface area contributed by atoms with E-state index < -0.39 is 6.10 Å². The summed E-state index contributed by atoms with van der Waals surface area (Å²) in [6.07, 6.45) is 5.78. The topological polar surface area (TPSA) is 48.9 Å². The minimum absolute atomic E-state index is 0.243. The maximum Gasteiger partial charge on any atom is 0.139 e. The molecule has 1 aliphatic carbocycles. The van der Waals surface area contributed by atoms with Gasteiger partial charge < -0.3 is 10.1 Å². The number of nitrogens with one attached hydrogen (secondary N) is 1. The summed E-state index contributed by atoms with van der Waals surface area (Å²) in [5.41, 5.74) is 1.68. The standard InChI is InChI=1S/C14H15FN2O/c15-10-4-5-11(12(8-10)9-2-1-3-9)13(18)14-16-6-7-17-14/h4-9,13,18H,1-3H2,(H,16,17). The second-order valence-electron chi connectivity index (χ2n) is 4.78. The van der Waals surface area contributed by atoms with Crippen LogP contribution in [-0.4, -0.2) is 15.1 Å². The Morgan fingerprint density at radius 2 is 2.22 bits per heavy atom. The van der Waals surface area contributed by atoms with E-state index in [1.807, 2.05) is 0 Å². The number of aromatic nitrogens is 2. The lowest BCUT2D eigenvalue weighted by atomic mass is 9.77. The zero-order valence-corrected chi connectivity index (χ0v) is 9.94. The molecule has 1 unspecified atom stereocenters. The summed E-state index contributed by atoms with van der Waals surface area (Å²) in [6, 6.07) is 4.60. The van der Waals surface area contributed by atoms with Gasteiger partial charge in [-0.25, -0.2) is 9.37 Å². The quantitative estimate of drug-likeness (QED) is 0.874. The van der Waals surface area contributed by atoms with Crippen molar-refractivity contribution < 1.29 is 9.50 Å². The highest BCUT2D eigenvalue weighted by molar-refractivity contribution is 5.36. The Hall–Kier alpha value is -1.68. The summed E-state index contributed by atoms with van der Waals surface area (Å²) >= 11 is 0. The van der Waals surface area contributed by atoms with Crippen LogP contribution in [0.5, 0.6) is 0 Å². The van der Waals surface area contributed by atoms with E-state index in [1.165, 1.54) is 12.5 Å². The van der Waals surface area contributed by atoms with E-state index in [-0.39, 0.29) is 5.82 Å². The average Bonchev–Trinajstić information content (AvgIpc) is 2.79. The number of H-pyrrole nitrogens is 1. The van der Waals surface area contributed by atoms with Crippen molar-refractivity contribution in [1.29, 1.82) is 0 Å². The summed E-state index contributed by atoms with van der Waals surface area (Å²) in [6.45, 7) is 0. The minimum Gasteiger partial charge on any atom is -0.380 e. The largest absolute Gasteiger partial charge is 0.380 e. The van der Waals surface area contributed by atoms with E-state index in [9.17, 15) is 9.50 Å². The predicted octanol–water partition coefficient (Wildman–Crippen LogP) is 2.90. The van der Waals surface area contributed by atoms with Crippen LogP contribution in [0.25, 0.3) is 0 Å². The Bertz CT molecular complexity index is 535. The molecule has 1 aromatic carbocycles. The number of hydrogen-bond acceptors (Lipinski definition) is 2. The third-order valence-corrected chi connectivity index (χ3v) is 3.67. The number of imidazole rings is 1. The molecule has 1 aliphatic rings. The summed E-state index contributed by atoms with van der Waals surface area (Å²) in [7, 11) is 0. The molecule has 0 aliphatic heterocycles. The lowest BCUT2D eigenvalue weighted by Crippen LogP contribution is -2.14. The predicted molar refractivity (Wildman–Crippen MR) is 65.6 cm³/mol. The highest BCUT2D eigenvalue weighted by atomic mass is 19.1. The average molecular weight is 246 g/mol. The Kier molecular flexibility index (Phi) is 2.88. The smallest absolute Gasteiger partial charge is 0.139 e. The van der Waals surface area contributed by atoms with Gasteiger partial charge in [0.1, 0.15) is 17.7 Å². The monoisotopic (exact) mass is 246 g/mol. The van der Waals surface area contributed by atoms with Gasteiger partial charge in [-0.2, -0.15) is 0 Å². The SMILES string of the molecule is OC(c1ncc[nH]1)c1ccc(F)cc1C1CCC1. The van der Waals surface area contributed by atoms with Crippen molar-refractivity contribution in [3.05, 3.63) is 53.4 Å². The molecule has 3 rings (SSSR count). The van der Waals surface area contributed by atoms with Crippen molar-refractivity contribution in [3.63, 3.8) is 0 Å². The highest BCUT2D eigenvalue weighted by Crippen LogP contribution is 2.40. The second kappa shape index (κ2) is 4.53. The number of aliphatic hydroxyl groups excluding tert-OH is 1. The fraction of sp³-hybridized carbons (Fsp3) is 0.357. The van der Waals surface area contributed by atoms with E-state index in [0.29, 0.717) is 11.7 Å². The number of benzene rings is 1. The van der Waals surface area contributed by atoms with Gasteiger partial charge in [-0.15, -0.1) is 0 Å². The van der Waals surface area contributed by atoms with Gasteiger partial charge in [-0.3, -0.25) is 0 Å². The molecule has 0 radical (unpaired) electrons. The molecule has 3 nitrogen and oxygen atoms in total. The van der Waals surface area contributed by atoms with Crippen LogP contribution in [0.4, 0.5) is 4.39 Å². The van der Waals surface area contributed by atoms with Gasteiger partial charge >= 0.3 is 0 Å². The van der Waals surface area contributed by atoms with Gasteiger partial charge in [0.25, 0.3) is 0 Å². The molecule has 0 saturated heterocycles. The Balaban J connectivity index is 2.00. The normalized spacial score (nSPS) is 17.4. The van der Waals surface area contributed by atoms with Gasteiger partial charge in [0.05, 0.1) is 0 Å². The molecule has 1 aromatic heterocycles. The number of hydrogen-bond donors (Lipinski definition) is 2. The number of nitrogens with zero attached hydrogens (tertiary/aromatic N) is 1. The molecule has 0 bridgehead atoms. The maximum atomic E-state index is 13.4. The van der Waals surface area contributed by atoms with Crippen LogP contribution in [0, 0.1) is 5.82 Å². The third kappa shape index (κ3) is 1.93. The first kappa shape index (κ1) is 11.4. The molecule has 4 heteroatoms. The van der Waals surface area contributed by atoms with Crippen LogP contribution in [0.3, 0.4) is 0 Å². The first-order valence-electron chi connectivity index (χ1n) is 6.22. The lowest BCUT2D eigenvalue weighted by Gasteiger charge is -2.29. The van der Waals surface area contributed by atoms with Crippen LogP contribution in [0.1, 0.15) is 48.2 Å². The van der Waals surface area contributed by atoms with Gasteiger partial charge in [-0.1, -0.05) is 12.5 Å². The van der Waals surface area contributed by atoms with Crippen molar-refractivity contribution in [2.75, 3.05) is 0 Å². The van der Waals surface area contributed by atoms with Crippen molar-refractivity contribution in [3.8, 4) is 0 Å². The zero-order valence-electron chi connectivity index (χ0n) is 9.94. The molecule has 1 fully saturated rings. The number of aromatic amines is 1. The van der Waals surface area contributed by atoms with Gasteiger partial charge in [-0.05, 0) is 42.0 Å². The van der Waals surface area contributed by atoms with Crippen molar-refractivity contribution >= 4 is 0 Å². The van der Waals surface area contributed by atoms with E-state index >= 15 is 0 Å². The first-order chi connectivity index (χ1) is 8.75. The number of aliphatic hydroxyl groups is 1. The summed E-state index contributed by atoms with van der Waals surface area (Å²) < 4.78 is 13.4. The maximum absolute atomic E-state index is 13.4. The van der Waals surface area contributed by atoms with E-state index in [4.69, 9.17) is 0 Å². The van der Waals surface area contributed by atoms with E-state index in [2.05, 4.69) is 9.97 Å². The molecule has 1 saturated carbocycles. The molecular weight excluding hydrogens is 231 g/mol. The molecule has 1 atom stereocenters. The van der Waals surface area contributed by atoms with Crippen LogP contribution >= 0.6 is 0 Å². The molecular formula is C14H15FN2O. The van der Waals surface area contributed by atoms with Crippen molar-refractivity contribution in [1.82, 2.24) is 9.97 Å². The van der Waals surface area contributed by atoms with E-state index in [1.54, 1.807) is 24.5 Å². The zero-order chi connectivity index (χ0) is 12.5. The Morgan fingerprint density at radius 3 is 2.83 bits per heavy atom. The number of halogens is 1. The number of rotatable bonds is 3. The highest BCUT2D eigenvalue weighted by Gasteiger charge is 2.26. The molecule has 1 heterocycles. The van der Waals surface area contributed by atoms with Crippen LogP contribution in [0.2, 0.25) is 0 Å². The van der Waals surface area contributed by atoms with Gasteiger partial charge in [0.2, 0.25) is 0 Å². The summed E-state index contributed by atoms with van der Waals surface area (Å²) in [5.74, 6) is 0.634. The first-order valence-corrected chi connectivity index (χ1v) is 6.22. The summed E-state index contributed by atoms with van der Waals surface area (Å²) in [5, 5.41) is 10.3. The Labute approximate surface area is 105 Å². The molecule has 18 heavy (non-hydrogen) atoms. The van der Waals surface area contributed by atoms with Crippen LogP contribution in [0.15, 0.2) is 30.6 Å². The molecule has 94 valence electrons. The van der Waals surface area contributed by atoms with Crippen molar-refractivity contribution in [2.24, 2.45) is 0 Å². The fourth-order valence-electron chi connectivity index (χ4n) is 2.44. The molecule has 2 aromatic rings. The molecule has 0 amide bonds. The molecule has 0 spiro atoms. The van der Waals surface area contributed by atoms with Crippen LogP contribution in [-0.2, 0) is 0 Å². The van der Waals surface area contributed by atoms with Gasteiger partial charge in [0, 0.05) is 12.4 Å². The van der Waals surface area contributed by atoms with Gasteiger partial charge in [0.15, 0.2) is 0 Å². The van der Waals surface area contributed by atoms with Crippen LogP contribution < -0.4 is 0 Å². The minimum atomic E-state index is -0.809. The third-order valence-electron chi connectivity index (χ3n) is 3.67. The Morgan fingerprint density at radius 1 is 1.39 bits per heavy atom. The summed E-state index contributed by atoms with van der Waals surface area (Å²) in [4.78, 5) is 6.96. The fourth-order valence-corrected chi connectivity index (χ4v) is 2.44. The lowest BCUT2D eigenvalue weighted by molar-refractivity contribution is 0.207. The van der Waals surface area contributed by atoms with E-state index in [0.717, 1.165) is 24.0 Å². The second-order valence-corrected chi connectivity index (χ2v) is 4.78.